The Hall–Kier alpha value is -3.09. The molecule has 2 aromatic rings. The molecule has 0 aromatic heterocycles. The Bertz CT molecular complexity index is 809. The van der Waals surface area contributed by atoms with Crippen LogP contribution in [0.15, 0.2) is 36.4 Å². The first-order valence-corrected chi connectivity index (χ1v) is 8.97. The van der Waals surface area contributed by atoms with Crippen LogP contribution in [0.5, 0.6) is 23.0 Å². The van der Waals surface area contributed by atoms with Crippen molar-refractivity contribution < 1.29 is 23.7 Å². The van der Waals surface area contributed by atoms with Gasteiger partial charge in [-0.15, -0.1) is 0 Å². The van der Waals surface area contributed by atoms with Crippen molar-refractivity contribution in [2.45, 2.75) is 26.8 Å². The van der Waals surface area contributed by atoms with Crippen LogP contribution >= 0.6 is 0 Å². The summed E-state index contributed by atoms with van der Waals surface area (Å²) in [7, 11) is 0. The van der Waals surface area contributed by atoms with Crippen molar-refractivity contribution in [1.82, 2.24) is 0 Å². The van der Waals surface area contributed by atoms with Crippen molar-refractivity contribution >= 4 is 17.3 Å². The van der Waals surface area contributed by atoms with Gasteiger partial charge in [0, 0.05) is 23.5 Å². The Morgan fingerprint density at radius 1 is 1.00 bits per heavy atom. The highest BCUT2D eigenvalue weighted by Crippen LogP contribution is 2.34. The fraction of sp³-hybridized carbons (Fsp3) is 0.350. The molecule has 7 nitrogen and oxygen atoms in total. The predicted molar refractivity (Wildman–Crippen MR) is 103 cm³/mol. The summed E-state index contributed by atoms with van der Waals surface area (Å²) in [4.78, 5) is 12.5. The minimum atomic E-state index is -0.456. The van der Waals surface area contributed by atoms with E-state index in [1.807, 2.05) is 32.0 Å². The first-order chi connectivity index (χ1) is 13.1. The molecule has 27 heavy (non-hydrogen) atoms. The largest absolute Gasteiger partial charge is 0.490 e. The third-order valence-corrected chi connectivity index (χ3v) is 3.96. The first-order valence-electron chi connectivity index (χ1n) is 8.97. The van der Waals surface area contributed by atoms with Gasteiger partial charge in [0.25, 0.3) is 0 Å². The van der Waals surface area contributed by atoms with Crippen LogP contribution < -0.4 is 29.6 Å². The molecule has 3 rings (SSSR count). The van der Waals surface area contributed by atoms with Crippen molar-refractivity contribution in [3.8, 4) is 23.0 Å². The molecule has 2 N–H and O–H groups in total. The second-order valence-electron chi connectivity index (χ2n) is 5.95. The summed E-state index contributed by atoms with van der Waals surface area (Å²) in [6, 6.07) is 10.4. The number of carbonyl (C=O) groups excluding carboxylic acids is 1. The molecule has 0 bridgehead atoms. The third-order valence-electron chi connectivity index (χ3n) is 3.96. The number of fused-ring (bicyclic) bond motifs is 1. The number of rotatable bonds is 8. The lowest BCUT2D eigenvalue weighted by Crippen LogP contribution is -2.31. The molecule has 0 aliphatic carbocycles. The normalized spacial score (nSPS) is 13.0. The molecule has 0 radical (unpaired) electrons. The van der Waals surface area contributed by atoms with Gasteiger partial charge in [-0.1, -0.05) is 0 Å². The Kier molecular flexibility index (Phi) is 5.90. The standard InChI is InChI=1S/C20H24N2O5/c1-4-24-16-8-6-14(10-18(16)25-5-2)21-13(3)20(23)22-15-7-9-17-19(11-15)27-12-26-17/h6-11,13,21H,4-5,12H2,1-3H3,(H,22,23)/t13-/m1/s1. The molecule has 0 fully saturated rings. The maximum absolute atomic E-state index is 12.5. The van der Waals surface area contributed by atoms with Crippen LogP contribution in [0.25, 0.3) is 0 Å². The topological polar surface area (TPSA) is 78.1 Å². The molecule has 144 valence electrons. The Balaban J connectivity index is 1.64. The van der Waals surface area contributed by atoms with Crippen LogP contribution in [-0.4, -0.2) is 32.0 Å². The number of amides is 1. The van der Waals surface area contributed by atoms with Crippen LogP contribution in [0.3, 0.4) is 0 Å². The average molecular weight is 372 g/mol. The molecular weight excluding hydrogens is 348 g/mol. The Labute approximate surface area is 158 Å². The molecule has 1 aliphatic heterocycles. The zero-order valence-electron chi connectivity index (χ0n) is 15.7. The van der Waals surface area contributed by atoms with Gasteiger partial charge in [0.1, 0.15) is 6.04 Å². The summed E-state index contributed by atoms with van der Waals surface area (Å²) >= 11 is 0. The maximum atomic E-state index is 12.5. The number of carbonyl (C=O) groups is 1. The van der Waals surface area contributed by atoms with E-state index in [0.29, 0.717) is 41.9 Å². The van der Waals surface area contributed by atoms with Crippen molar-refractivity contribution in [2.24, 2.45) is 0 Å². The summed E-state index contributed by atoms with van der Waals surface area (Å²) in [6.07, 6.45) is 0. The highest BCUT2D eigenvalue weighted by atomic mass is 16.7. The quantitative estimate of drug-likeness (QED) is 0.736. The Morgan fingerprint density at radius 2 is 1.70 bits per heavy atom. The molecule has 1 amide bonds. The van der Waals surface area contributed by atoms with Gasteiger partial charge < -0.3 is 29.6 Å². The molecule has 0 spiro atoms. The second-order valence-corrected chi connectivity index (χ2v) is 5.95. The van der Waals surface area contributed by atoms with E-state index >= 15 is 0 Å². The van der Waals surface area contributed by atoms with Gasteiger partial charge in [-0.2, -0.15) is 0 Å². The summed E-state index contributed by atoms with van der Waals surface area (Å²) in [5, 5.41) is 6.05. The maximum Gasteiger partial charge on any atom is 0.246 e. The number of ether oxygens (including phenoxy) is 4. The van der Waals surface area contributed by atoms with Crippen molar-refractivity contribution in [1.29, 1.82) is 0 Å². The Morgan fingerprint density at radius 3 is 2.48 bits per heavy atom. The van der Waals surface area contributed by atoms with Crippen LogP contribution in [0.1, 0.15) is 20.8 Å². The molecule has 0 unspecified atom stereocenters. The highest BCUT2D eigenvalue weighted by Gasteiger charge is 2.17. The van der Waals surface area contributed by atoms with E-state index < -0.39 is 6.04 Å². The molecule has 1 heterocycles. The fourth-order valence-electron chi connectivity index (χ4n) is 2.68. The minimum absolute atomic E-state index is 0.166. The van der Waals surface area contributed by atoms with Gasteiger partial charge in [-0.3, -0.25) is 4.79 Å². The summed E-state index contributed by atoms with van der Waals surface area (Å²) in [5.41, 5.74) is 1.43. The zero-order valence-corrected chi connectivity index (χ0v) is 15.7. The number of nitrogens with one attached hydrogen (secondary N) is 2. The van der Waals surface area contributed by atoms with E-state index in [2.05, 4.69) is 10.6 Å². The minimum Gasteiger partial charge on any atom is -0.490 e. The molecule has 1 aliphatic rings. The molecular formula is C20H24N2O5. The fourth-order valence-corrected chi connectivity index (χ4v) is 2.68. The van der Waals surface area contributed by atoms with Crippen LogP contribution in [0, 0.1) is 0 Å². The van der Waals surface area contributed by atoms with Gasteiger partial charge in [-0.25, -0.2) is 0 Å². The third kappa shape index (κ3) is 4.55. The van der Waals surface area contributed by atoms with E-state index in [0.717, 1.165) is 5.69 Å². The number of anilines is 2. The van der Waals surface area contributed by atoms with Crippen molar-refractivity contribution in [3.63, 3.8) is 0 Å². The summed E-state index contributed by atoms with van der Waals surface area (Å²) < 4.78 is 21.8. The van der Waals surface area contributed by atoms with E-state index in [4.69, 9.17) is 18.9 Å². The van der Waals surface area contributed by atoms with E-state index in [1.54, 1.807) is 25.1 Å². The van der Waals surface area contributed by atoms with Gasteiger partial charge in [0.2, 0.25) is 12.7 Å². The summed E-state index contributed by atoms with van der Waals surface area (Å²) in [6.45, 7) is 6.91. The van der Waals surface area contributed by atoms with Gasteiger partial charge >= 0.3 is 0 Å². The number of benzene rings is 2. The second kappa shape index (κ2) is 8.53. The van der Waals surface area contributed by atoms with Crippen LogP contribution in [-0.2, 0) is 4.79 Å². The van der Waals surface area contributed by atoms with E-state index in [-0.39, 0.29) is 12.7 Å². The van der Waals surface area contributed by atoms with Gasteiger partial charge in [-0.05, 0) is 45.0 Å². The monoisotopic (exact) mass is 372 g/mol. The van der Waals surface area contributed by atoms with E-state index in [9.17, 15) is 4.79 Å². The summed E-state index contributed by atoms with van der Waals surface area (Å²) in [5.74, 6) is 2.47. The molecule has 2 aromatic carbocycles. The lowest BCUT2D eigenvalue weighted by atomic mass is 10.2. The zero-order chi connectivity index (χ0) is 19.2. The van der Waals surface area contributed by atoms with Crippen molar-refractivity contribution in [3.05, 3.63) is 36.4 Å². The predicted octanol–water partition coefficient (Wildman–Crippen LogP) is 3.65. The van der Waals surface area contributed by atoms with Crippen LogP contribution in [0.4, 0.5) is 11.4 Å². The molecule has 0 saturated heterocycles. The van der Waals surface area contributed by atoms with Crippen molar-refractivity contribution in [2.75, 3.05) is 30.6 Å². The highest BCUT2D eigenvalue weighted by molar-refractivity contribution is 5.96. The molecule has 1 atom stereocenters. The lowest BCUT2D eigenvalue weighted by molar-refractivity contribution is -0.116. The number of hydrogen-bond donors (Lipinski definition) is 2. The molecule has 7 heteroatoms. The number of hydrogen-bond acceptors (Lipinski definition) is 6. The first kappa shape index (κ1) is 18.7. The SMILES string of the molecule is CCOc1ccc(N[C@H](C)C(=O)Nc2ccc3c(c2)OCO3)cc1OCC. The average Bonchev–Trinajstić information content (AvgIpc) is 3.12. The smallest absolute Gasteiger partial charge is 0.246 e. The van der Waals surface area contributed by atoms with E-state index in [1.165, 1.54) is 0 Å². The van der Waals surface area contributed by atoms with Crippen LogP contribution in [0.2, 0.25) is 0 Å². The van der Waals surface area contributed by atoms with Gasteiger partial charge in [0.05, 0.1) is 13.2 Å². The molecule has 0 saturated carbocycles. The van der Waals surface area contributed by atoms with Gasteiger partial charge in [0.15, 0.2) is 23.0 Å². The lowest BCUT2D eigenvalue weighted by Gasteiger charge is -2.17.